The first-order valence-electron chi connectivity index (χ1n) is 8.21. The Morgan fingerprint density at radius 1 is 1.07 bits per heavy atom. The van der Waals surface area contributed by atoms with Gasteiger partial charge in [0.2, 0.25) is 0 Å². The van der Waals surface area contributed by atoms with Gasteiger partial charge in [-0.05, 0) is 30.2 Å². The number of methoxy groups -OCH3 is 3. The normalized spacial score (nSPS) is 12.4. The molecule has 2 aromatic carbocycles. The molecule has 1 aliphatic rings. The number of fused-ring (bicyclic) bond motifs is 1. The molecule has 1 aliphatic heterocycles. The first-order valence-corrected chi connectivity index (χ1v) is 8.21. The van der Waals surface area contributed by atoms with Gasteiger partial charge in [-0.25, -0.2) is 4.39 Å². The predicted molar refractivity (Wildman–Crippen MR) is 103 cm³/mol. The minimum absolute atomic E-state index is 0. The van der Waals surface area contributed by atoms with Gasteiger partial charge in [-0.15, -0.1) is 12.4 Å². The number of amides is 1. The molecule has 0 radical (unpaired) electrons. The van der Waals surface area contributed by atoms with Crippen LogP contribution in [0.1, 0.15) is 21.5 Å². The van der Waals surface area contributed by atoms with Crippen LogP contribution in [0.2, 0.25) is 0 Å². The highest BCUT2D eigenvalue weighted by Gasteiger charge is 2.21. The topological polar surface area (TPSA) is 68.8 Å². The monoisotopic (exact) mass is 396 g/mol. The van der Waals surface area contributed by atoms with Gasteiger partial charge in [0.05, 0.1) is 32.6 Å². The number of anilines is 1. The number of carbonyl (C=O) groups is 1. The van der Waals surface area contributed by atoms with Crippen molar-refractivity contribution in [3.05, 3.63) is 46.8 Å². The fraction of sp³-hybridized carbons (Fsp3) is 0.316. The van der Waals surface area contributed by atoms with Crippen molar-refractivity contribution in [1.29, 1.82) is 0 Å². The number of carbonyl (C=O) groups excluding carboxylic acids is 1. The second-order valence-corrected chi connectivity index (χ2v) is 5.85. The van der Waals surface area contributed by atoms with Gasteiger partial charge in [0, 0.05) is 18.7 Å². The Hall–Kier alpha value is -2.51. The smallest absolute Gasteiger partial charge is 0.259 e. The lowest BCUT2D eigenvalue weighted by atomic mass is 9.99. The molecule has 1 heterocycles. The van der Waals surface area contributed by atoms with E-state index in [9.17, 15) is 9.18 Å². The lowest BCUT2D eigenvalue weighted by Gasteiger charge is -2.20. The molecule has 2 N–H and O–H groups in total. The number of ether oxygens (including phenoxy) is 3. The standard InChI is InChI=1S/C19H21FN2O4.ClH/c1-24-15-9-17(26-3)16(25-2)8-13(15)19(23)22-14-5-4-11-10-21-7-6-12(11)18(14)20;/h4-5,8-9,21H,6-7,10H2,1-3H3,(H,22,23);1H. The van der Waals surface area contributed by atoms with Crippen molar-refractivity contribution in [2.75, 3.05) is 33.2 Å². The van der Waals surface area contributed by atoms with Crippen molar-refractivity contribution in [3.63, 3.8) is 0 Å². The third-order valence-electron chi connectivity index (χ3n) is 4.41. The molecule has 0 saturated carbocycles. The Morgan fingerprint density at radius 3 is 2.41 bits per heavy atom. The van der Waals surface area contributed by atoms with Crippen LogP contribution in [0.3, 0.4) is 0 Å². The summed E-state index contributed by atoms with van der Waals surface area (Å²) >= 11 is 0. The number of halogens is 2. The van der Waals surface area contributed by atoms with Gasteiger partial charge in [-0.2, -0.15) is 0 Å². The first-order chi connectivity index (χ1) is 12.6. The molecule has 2 aromatic rings. The molecule has 0 aliphatic carbocycles. The van der Waals surface area contributed by atoms with Gasteiger partial charge < -0.3 is 24.8 Å². The van der Waals surface area contributed by atoms with Gasteiger partial charge in [0.25, 0.3) is 5.91 Å². The molecule has 0 unspecified atom stereocenters. The van der Waals surface area contributed by atoms with Gasteiger partial charge in [-0.3, -0.25) is 4.79 Å². The maximum Gasteiger partial charge on any atom is 0.259 e. The lowest BCUT2D eigenvalue weighted by molar-refractivity contribution is 0.102. The average Bonchev–Trinajstić information content (AvgIpc) is 2.69. The van der Waals surface area contributed by atoms with E-state index in [0.29, 0.717) is 42.3 Å². The Kier molecular flexibility index (Phi) is 6.87. The zero-order valence-electron chi connectivity index (χ0n) is 15.3. The Bertz CT molecular complexity index is 845. The van der Waals surface area contributed by atoms with Crippen molar-refractivity contribution in [2.45, 2.75) is 13.0 Å². The first kappa shape index (κ1) is 20.8. The van der Waals surface area contributed by atoms with E-state index in [4.69, 9.17) is 14.2 Å². The molecule has 1 amide bonds. The highest BCUT2D eigenvalue weighted by molar-refractivity contribution is 6.06. The predicted octanol–water partition coefficient (Wildman–Crippen LogP) is 3.17. The molecular formula is C19H22ClFN2O4. The van der Waals surface area contributed by atoms with E-state index in [1.54, 1.807) is 12.1 Å². The van der Waals surface area contributed by atoms with E-state index in [2.05, 4.69) is 10.6 Å². The summed E-state index contributed by atoms with van der Waals surface area (Å²) in [6, 6.07) is 6.47. The van der Waals surface area contributed by atoms with Gasteiger partial charge >= 0.3 is 0 Å². The minimum Gasteiger partial charge on any atom is -0.496 e. The van der Waals surface area contributed by atoms with Crippen molar-refractivity contribution in [1.82, 2.24) is 5.32 Å². The molecule has 0 fully saturated rings. The molecule has 0 bridgehead atoms. The van der Waals surface area contributed by atoms with Crippen molar-refractivity contribution >= 4 is 24.0 Å². The van der Waals surface area contributed by atoms with Crippen LogP contribution in [-0.2, 0) is 13.0 Å². The molecule has 8 heteroatoms. The second-order valence-electron chi connectivity index (χ2n) is 5.85. The Labute approximate surface area is 163 Å². The van der Waals surface area contributed by atoms with Gasteiger partial charge in [0.15, 0.2) is 11.5 Å². The minimum atomic E-state index is -0.490. The summed E-state index contributed by atoms with van der Waals surface area (Å²) in [5.41, 5.74) is 1.92. The van der Waals surface area contributed by atoms with Gasteiger partial charge in [0.1, 0.15) is 11.6 Å². The Morgan fingerprint density at radius 2 is 1.74 bits per heavy atom. The zero-order chi connectivity index (χ0) is 18.7. The number of hydrogen-bond acceptors (Lipinski definition) is 5. The molecular weight excluding hydrogens is 375 g/mol. The molecule has 6 nitrogen and oxygen atoms in total. The third kappa shape index (κ3) is 4.09. The maximum atomic E-state index is 14.8. The number of benzene rings is 2. The van der Waals surface area contributed by atoms with E-state index in [1.165, 1.54) is 27.4 Å². The SMILES string of the molecule is COc1cc(OC)c(C(=O)Nc2ccc3c(c2F)CCNC3)cc1OC.Cl. The molecule has 3 rings (SSSR count). The molecule has 0 saturated heterocycles. The summed E-state index contributed by atoms with van der Waals surface area (Å²) in [6.45, 7) is 1.34. The van der Waals surface area contributed by atoms with Crippen LogP contribution in [0.25, 0.3) is 0 Å². The fourth-order valence-electron chi connectivity index (χ4n) is 3.03. The second kappa shape index (κ2) is 8.92. The molecule has 0 spiro atoms. The van der Waals surface area contributed by atoms with Crippen molar-refractivity contribution in [2.24, 2.45) is 0 Å². The highest BCUT2D eigenvalue weighted by atomic mass is 35.5. The summed E-state index contributed by atoms with van der Waals surface area (Å²) < 4.78 is 30.5. The van der Waals surface area contributed by atoms with Crippen LogP contribution < -0.4 is 24.8 Å². The lowest BCUT2D eigenvalue weighted by Crippen LogP contribution is -2.25. The molecule has 0 atom stereocenters. The van der Waals surface area contributed by atoms with Crippen LogP contribution in [0.4, 0.5) is 10.1 Å². The summed E-state index contributed by atoms with van der Waals surface area (Å²) in [5.74, 6) is 0.249. The van der Waals surface area contributed by atoms with Crippen LogP contribution >= 0.6 is 12.4 Å². The average molecular weight is 397 g/mol. The van der Waals surface area contributed by atoms with Crippen molar-refractivity contribution < 1.29 is 23.4 Å². The van der Waals surface area contributed by atoms with E-state index >= 15 is 0 Å². The summed E-state index contributed by atoms with van der Waals surface area (Å²) in [5, 5.41) is 5.83. The molecule has 146 valence electrons. The van der Waals surface area contributed by atoms with E-state index < -0.39 is 11.7 Å². The van der Waals surface area contributed by atoms with E-state index in [-0.39, 0.29) is 23.7 Å². The fourth-order valence-corrected chi connectivity index (χ4v) is 3.03. The zero-order valence-corrected chi connectivity index (χ0v) is 16.2. The highest BCUT2D eigenvalue weighted by Crippen LogP contribution is 2.35. The summed E-state index contributed by atoms with van der Waals surface area (Å²) in [4.78, 5) is 12.7. The number of rotatable bonds is 5. The number of hydrogen-bond donors (Lipinski definition) is 2. The molecule has 0 aromatic heterocycles. The largest absolute Gasteiger partial charge is 0.496 e. The third-order valence-corrected chi connectivity index (χ3v) is 4.41. The quantitative estimate of drug-likeness (QED) is 0.812. The van der Waals surface area contributed by atoms with E-state index in [1.807, 2.05) is 6.07 Å². The molecule has 27 heavy (non-hydrogen) atoms. The summed E-state index contributed by atoms with van der Waals surface area (Å²) in [7, 11) is 4.42. The van der Waals surface area contributed by atoms with Crippen LogP contribution in [0, 0.1) is 5.82 Å². The Balaban J connectivity index is 0.00000261. The summed E-state index contributed by atoms with van der Waals surface area (Å²) in [6.07, 6.45) is 0.588. The van der Waals surface area contributed by atoms with Crippen molar-refractivity contribution in [3.8, 4) is 17.2 Å². The van der Waals surface area contributed by atoms with Crippen LogP contribution in [-0.4, -0.2) is 33.8 Å². The maximum absolute atomic E-state index is 14.8. The van der Waals surface area contributed by atoms with Gasteiger partial charge in [-0.1, -0.05) is 6.07 Å². The van der Waals surface area contributed by atoms with E-state index in [0.717, 1.165) is 5.56 Å². The van der Waals surface area contributed by atoms with Crippen LogP contribution in [0.15, 0.2) is 24.3 Å². The van der Waals surface area contributed by atoms with Crippen LogP contribution in [0.5, 0.6) is 17.2 Å². The number of nitrogens with one attached hydrogen (secondary N) is 2.